The number of para-hydroxylation sites is 1. The number of nitriles is 1. The zero-order chi connectivity index (χ0) is 24.9. The number of carbonyl (C=O) groups excluding carboxylic acids is 2. The molecule has 0 amide bonds. The molecule has 9 nitrogen and oxygen atoms in total. The lowest BCUT2D eigenvalue weighted by Gasteiger charge is -2.31. The molecule has 4 heterocycles. The topological polar surface area (TPSA) is 132 Å². The third-order valence-corrected chi connectivity index (χ3v) is 6.54. The lowest BCUT2D eigenvalue weighted by molar-refractivity contribution is -0.172. The molecular weight excluding hydrogens is 450 g/mol. The number of aliphatic hydroxyl groups is 1. The summed E-state index contributed by atoms with van der Waals surface area (Å²) in [5.41, 5.74) is 0.695. The van der Waals surface area contributed by atoms with Crippen LogP contribution < -0.4 is 5.56 Å². The summed E-state index contributed by atoms with van der Waals surface area (Å²) in [5, 5.41) is 21.4. The predicted octanol–water partition coefficient (Wildman–Crippen LogP) is 2.55. The molecule has 2 aromatic heterocycles. The Kier molecular flexibility index (Phi) is 5.26. The van der Waals surface area contributed by atoms with Crippen molar-refractivity contribution in [3.05, 3.63) is 68.5 Å². The second-order valence-electron chi connectivity index (χ2n) is 8.36. The number of carbonyl (C=O) groups is 2. The maximum Gasteiger partial charge on any atom is 0.348 e. The van der Waals surface area contributed by atoms with Gasteiger partial charge in [-0.1, -0.05) is 25.1 Å². The Labute approximate surface area is 199 Å². The van der Waals surface area contributed by atoms with Gasteiger partial charge in [0.1, 0.15) is 18.2 Å². The SMILES string of the molecule is CCOC(=O)/C(C#N)=C/c1c2c(nc3ccccc13)-c1cc3c(c(=O)n1C2)COC(=O)[C@]3(O)CC. The summed E-state index contributed by atoms with van der Waals surface area (Å²) in [6, 6.07) is 10.8. The van der Waals surface area contributed by atoms with Crippen LogP contribution in [-0.2, 0) is 37.8 Å². The second kappa shape index (κ2) is 8.18. The number of hydrogen-bond acceptors (Lipinski definition) is 8. The van der Waals surface area contributed by atoms with Crippen molar-refractivity contribution >= 4 is 28.9 Å². The third-order valence-electron chi connectivity index (χ3n) is 6.54. The van der Waals surface area contributed by atoms with Crippen LogP contribution in [0.3, 0.4) is 0 Å². The van der Waals surface area contributed by atoms with Crippen LogP contribution in [0.1, 0.15) is 42.5 Å². The van der Waals surface area contributed by atoms with E-state index in [1.54, 1.807) is 26.0 Å². The van der Waals surface area contributed by atoms with E-state index in [0.29, 0.717) is 33.4 Å². The molecule has 0 radical (unpaired) electrons. The average molecular weight is 471 g/mol. The zero-order valence-electron chi connectivity index (χ0n) is 19.1. The van der Waals surface area contributed by atoms with Crippen molar-refractivity contribution in [1.29, 1.82) is 5.26 Å². The number of aromatic nitrogens is 2. The zero-order valence-corrected chi connectivity index (χ0v) is 19.1. The first-order valence-corrected chi connectivity index (χ1v) is 11.2. The Bertz CT molecular complexity index is 1560. The number of benzene rings is 1. The van der Waals surface area contributed by atoms with Gasteiger partial charge in [-0.3, -0.25) is 4.79 Å². The average Bonchev–Trinajstić information content (AvgIpc) is 3.23. The van der Waals surface area contributed by atoms with Crippen molar-refractivity contribution in [2.24, 2.45) is 0 Å². The predicted molar refractivity (Wildman–Crippen MR) is 125 cm³/mol. The van der Waals surface area contributed by atoms with Crippen LogP contribution in [-0.4, -0.2) is 33.2 Å². The number of rotatable bonds is 4. The van der Waals surface area contributed by atoms with Crippen molar-refractivity contribution in [2.45, 2.75) is 39.0 Å². The lowest BCUT2D eigenvalue weighted by Crippen LogP contribution is -2.44. The molecule has 0 saturated heterocycles. The van der Waals surface area contributed by atoms with E-state index < -0.39 is 17.5 Å². The molecule has 0 unspecified atom stereocenters. The largest absolute Gasteiger partial charge is 0.462 e. The van der Waals surface area contributed by atoms with Gasteiger partial charge in [0, 0.05) is 16.5 Å². The van der Waals surface area contributed by atoms with Gasteiger partial charge in [0.15, 0.2) is 5.60 Å². The van der Waals surface area contributed by atoms with Gasteiger partial charge >= 0.3 is 11.9 Å². The summed E-state index contributed by atoms with van der Waals surface area (Å²) in [5.74, 6) is -1.53. The molecule has 1 aromatic carbocycles. The summed E-state index contributed by atoms with van der Waals surface area (Å²) in [6.45, 7) is 3.34. The van der Waals surface area contributed by atoms with E-state index in [9.17, 15) is 24.8 Å². The molecule has 0 fully saturated rings. The Morgan fingerprint density at radius 2 is 2.09 bits per heavy atom. The van der Waals surface area contributed by atoms with E-state index in [2.05, 4.69) is 0 Å². The second-order valence-corrected chi connectivity index (χ2v) is 8.36. The number of ether oxygens (including phenoxy) is 2. The van der Waals surface area contributed by atoms with Crippen molar-refractivity contribution < 1.29 is 24.2 Å². The van der Waals surface area contributed by atoms with E-state index in [1.807, 2.05) is 24.3 Å². The Morgan fingerprint density at radius 1 is 1.31 bits per heavy atom. The molecule has 1 atom stereocenters. The summed E-state index contributed by atoms with van der Waals surface area (Å²) in [6.07, 6.45) is 1.51. The first-order valence-electron chi connectivity index (χ1n) is 11.2. The highest BCUT2D eigenvalue weighted by Crippen LogP contribution is 2.40. The van der Waals surface area contributed by atoms with Crippen molar-refractivity contribution in [1.82, 2.24) is 9.55 Å². The standard InChI is InChI=1S/C26H21N3O6/c1-3-26(33)19-10-21-22-17(12-29(21)23(30)18(19)13-35-25(26)32)16(9-14(11-27)24(31)34-4-2)15-7-5-6-8-20(15)28-22/h5-10,33H,3-4,12-13H2,1-2H3/b14-9+/t26-/m0/s1. The molecule has 0 aliphatic carbocycles. The minimum Gasteiger partial charge on any atom is -0.462 e. The smallest absolute Gasteiger partial charge is 0.348 e. The van der Waals surface area contributed by atoms with Crippen LogP contribution in [0.25, 0.3) is 28.4 Å². The first-order chi connectivity index (χ1) is 16.8. The van der Waals surface area contributed by atoms with E-state index >= 15 is 0 Å². The minimum atomic E-state index is -1.93. The molecular formula is C26H21N3O6. The molecule has 176 valence electrons. The third kappa shape index (κ3) is 3.26. The van der Waals surface area contributed by atoms with Crippen LogP contribution >= 0.6 is 0 Å². The summed E-state index contributed by atoms with van der Waals surface area (Å²) in [7, 11) is 0. The maximum absolute atomic E-state index is 13.5. The summed E-state index contributed by atoms with van der Waals surface area (Å²) in [4.78, 5) is 42.9. The first kappa shape index (κ1) is 22.5. The molecule has 2 aliphatic heterocycles. The maximum atomic E-state index is 13.5. The van der Waals surface area contributed by atoms with Gasteiger partial charge in [-0.15, -0.1) is 0 Å². The van der Waals surface area contributed by atoms with E-state index in [1.165, 1.54) is 10.6 Å². The Balaban J connectivity index is 1.80. The molecule has 3 aromatic rings. The molecule has 35 heavy (non-hydrogen) atoms. The monoisotopic (exact) mass is 471 g/mol. The highest BCUT2D eigenvalue weighted by Gasteiger charge is 2.45. The van der Waals surface area contributed by atoms with Gasteiger partial charge in [-0.05, 0) is 37.1 Å². The van der Waals surface area contributed by atoms with Gasteiger partial charge in [0.25, 0.3) is 5.56 Å². The summed E-state index contributed by atoms with van der Waals surface area (Å²) < 4.78 is 11.6. The van der Waals surface area contributed by atoms with Gasteiger partial charge in [0.2, 0.25) is 0 Å². The van der Waals surface area contributed by atoms with Crippen molar-refractivity contribution in [3.63, 3.8) is 0 Å². The van der Waals surface area contributed by atoms with Gasteiger partial charge < -0.3 is 19.1 Å². The van der Waals surface area contributed by atoms with Gasteiger partial charge in [-0.2, -0.15) is 5.26 Å². The molecule has 0 saturated carbocycles. The molecule has 0 spiro atoms. The highest BCUT2D eigenvalue weighted by molar-refractivity contribution is 6.02. The fraction of sp³-hybridized carbons (Fsp3) is 0.269. The van der Waals surface area contributed by atoms with Crippen LogP contribution in [0.2, 0.25) is 0 Å². The highest BCUT2D eigenvalue weighted by atomic mass is 16.6. The molecule has 2 aliphatic rings. The lowest BCUT2D eigenvalue weighted by atomic mass is 9.86. The van der Waals surface area contributed by atoms with Crippen molar-refractivity contribution in [3.8, 4) is 17.5 Å². The quantitative estimate of drug-likeness (QED) is 0.273. The number of esters is 2. The summed E-state index contributed by atoms with van der Waals surface area (Å²) >= 11 is 0. The molecule has 9 heteroatoms. The number of nitrogens with zero attached hydrogens (tertiary/aromatic N) is 3. The normalized spacial score (nSPS) is 18.3. The van der Waals surface area contributed by atoms with Crippen LogP contribution in [0.5, 0.6) is 0 Å². The number of fused-ring (bicyclic) bond motifs is 5. The number of hydrogen-bond donors (Lipinski definition) is 1. The Hall–Kier alpha value is -4.29. The van der Waals surface area contributed by atoms with E-state index in [0.717, 1.165) is 0 Å². The minimum absolute atomic E-state index is 0.0405. The van der Waals surface area contributed by atoms with E-state index in [-0.39, 0.29) is 48.4 Å². The Morgan fingerprint density at radius 3 is 2.80 bits per heavy atom. The van der Waals surface area contributed by atoms with Gasteiger partial charge in [-0.25, -0.2) is 14.6 Å². The fourth-order valence-corrected chi connectivity index (χ4v) is 4.71. The van der Waals surface area contributed by atoms with Crippen LogP contribution in [0, 0.1) is 11.3 Å². The molecule has 1 N–H and O–H groups in total. The molecule has 5 rings (SSSR count). The molecule has 0 bridgehead atoms. The van der Waals surface area contributed by atoms with Crippen molar-refractivity contribution in [2.75, 3.05) is 6.61 Å². The number of cyclic esters (lactones) is 1. The van der Waals surface area contributed by atoms with Crippen LogP contribution in [0.15, 0.2) is 40.7 Å². The van der Waals surface area contributed by atoms with E-state index in [4.69, 9.17) is 14.5 Å². The van der Waals surface area contributed by atoms with Crippen LogP contribution in [0.4, 0.5) is 0 Å². The number of pyridine rings is 2. The van der Waals surface area contributed by atoms with Gasteiger partial charge in [0.05, 0.1) is 35.6 Å². The fourth-order valence-electron chi connectivity index (χ4n) is 4.71.